The van der Waals surface area contributed by atoms with Gasteiger partial charge in [-0.1, -0.05) is 25.3 Å². The molecular formula is C24H29FN4O2. The predicted molar refractivity (Wildman–Crippen MR) is 120 cm³/mol. The van der Waals surface area contributed by atoms with E-state index >= 15 is 0 Å². The number of hydrogen-bond donors (Lipinski definition) is 2. The second-order valence-electron chi connectivity index (χ2n) is 8.48. The number of aromatic nitrogens is 2. The van der Waals surface area contributed by atoms with Gasteiger partial charge in [-0.25, -0.2) is 14.4 Å². The molecule has 1 fully saturated rings. The van der Waals surface area contributed by atoms with Crippen molar-refractivity contribution < 1.29 is 14.0 Å². The molecule has 0 atom stereocenters. The van der Waals surface area contributed by atoms with Crippen molar-refractivity contribution >= 4 is 28.4 Å². The largest absolute Gasteiger partial charge is 0.347 e. The topological polar surface area (TPSA) is 84.0 Å². The van der Waals surface area contributed by atoms with E-state index in [1.165, 1.54) is 25.7 Å². The van der Waals surface area contributed by atoms with E-state index < -0.39 is 5.82 Å². The van der Waals surface area contributed by atoms with Crippen LogP contribution in [0.15, 0.2) is 47.4 Å². The SMILES string of the molecule is CC(=O)/C(=C\C(C)=C(/C)C(=O)NC1(C)CCCCC1)Nc1ncnc2cccc(F)c12. The fraction of sp³-hybridized carbons (Fsp3) is 0.417. The average molecular weight is 425 g/mol. The molecule has 31 heavy (non-hydrogen) atoms. The van der Waals surface area contributed by atoms with Gasteiger partial charge in [0.05, 0.1) is 16.6 Å². The van der Waals surface area contributed by atoms with Crippen molar-refractivity contribution in [3.05, 3.63) is 53.3 Å². The third-order valence-corrected chi connectivity index (χ3v) is 5.91. The summed E-state index contributed by atoms with van der Waals surface area (Å²) in [5.41, 5.74) is 1.64. The minimum atomic E-state index is -0.480. The maximum absolute atomic E-state index is 14.4. The number of allylic oxidation sites excluding steroid dienone is 3. The second-order valence-corrected chi connectivity index (χ2v) is 8.48. The molecule has 0 unspecified atom stereocenters. The number of amides is 1. The fourth-order valence-electron chi connectivity index (χ4n) is 3.84. The molecule has 0 saturated heterocycles. The second kappa shape index (κ2) is 9.37. The molecular weight excluding hydrogens is 395 g/mol. The summed E-state index contributed by atoms with van der Waals surface area (Å²) in [6.07, 6.45) is 8.28. The first kappa shape index (κ1) is 22.6. The standard InChI is InChI=1S/C24H29FN4O2/c1-15(16(2)23(31)29-24(4)11-6-5-7-12-24)13-20(17(3)30)28-22-21-18(25)9-8-10-19(21)26-14-27-22/h8-10,13-14H,5-7,11-12H2,1-4H3,(H,29,31)(H,26,27,28)/b16-15+,20-13+. The van der Waals surface area contributed by atoms with Gasteiger partial charge in [0.1, 0.15) is 18.0 Å². The summed E-state index contributed by atoms with van der Waals surface area (Å²) < 4.78 is 14.4. The van der Waals surface area contributed by atoms with Crippen LogP contribution >= 0.6 is 0 Å². The van der Waals surface area contributed by atoms with Crippen LogP contribution in [0.2, 0.25) is 0 Å². The van der Waals surface area contributed by atoms with Crippen LogP contribution in [0.5, 0.6) is 0 Å². The first-order valence-corrected chi connectivity index (χ1v) is 10.6. The molecule has 2 N–H and O–H groups in total. The molecule has 0 radical (unpaired) electrons. The van der Waals surface area contributed by atoms with Crippen LogP contribution in [0.4, 0.5) is 10.2 Å². The molecule has 1 aromatic heterocycles. The number of Topliss-reactive ketones (excluding diaryl/α,β-unsaturated/α-hetero) is 1. The number of rotatable bonds is 6. The van der Waals surface area contributed by atoms with Crippen LogP contribution in [0.25, 0.3) is 10.9 Å². The molecule has 0 bridgehead atoms. The van der Waals surface area contributed by atoms with Crippen LogP contribution in [0, 0.1) is 5.82 Å². The number of carbonyl (C=O) groups is 2. The molecule has 164 valence electrons. The number of nitrogens with one attached hydrogen (secondary N) is 2. The fourth-order valence-corrected chi connectivity index (χ4v) is 3.84. The summed E-state index contributed by atoms with van der Waals surface area (Å²) >= 11 is 0. The molecule has 1 saturated carbocycles. The Morgan fingerprint density at radius 3 is 2.48 bits per heavy atom. The van der Waals surface area contributed by atoms with Crippen LogP contribution in [0.1, 0.15) is 59.8 Å². The molecule has 1 amide bonds. The molecule has 3 rings (SSSR count). The summed E-state index contributed by atoms with van der Waals surface area (Å²) in [5, 5.41) is 6.30. The van der Waals surface area contributed by atoms with E-state index in [-0.39, 0.29) is 34.1 Å². The van der Waals surface area contributed by atoms with Crippen LogP contribution in [-0.4, -0.2) is 27.2 Å². The minimum Gasteiger partial charge on any atom is -0.347 e. The number of nitrogens with zero attached hydrogens (tertiary/aromatic N) is 2. The number of fused-ring (bicyclic) bond motifs is 1. The molecule has 2 aromatic rings. The van der Waals surface area contributed by atoms with Crippen molar-refractivity contribution in [2.24, 2.45) is 0 Å². The summed E-state index contributed by atoms with van der Waals surface area (Å²) in [4.78, 5) is 33.3. The zero-order valence-electron chi connectivity index (χ0n) is 18.5. The van der Waals surface area contributed by atoms with Crippen LogP contribution in [0.3, 0.4) is 0 Å². The quantitative estimate of drug-likeness (QED) is 0.513. The average Bonchev–Trinajstić information content (AvgIpc) is 2.73. The third kappa shape index (κ3) is 5.34. The molecule has 1 heterocycles. The van der Waals surface area contributed by atoms with Crippen LogP contribution < -0.4 is 10.6 Å². The highest BCUT2D eigenvalue weighted by molar-refractivity contribution is 6.00. The number of benzene rings is 1. The normalized spacial score (nSPS) is 17.1. The molecule has 1 aliphatic rings. The van der Waals surface area contributed by atoms with Gasteiger partial charge in [-0.05, 0) is 57.4 Å². The van der Waals surface area contributed by atoms with Crippen molar-refractivity contribution in [3.63, 3.8) is 0 Å². The van der Waals surface area contributed by atoms with Crippen molar-refractivity contribution in [1.82, 2.24) is 15.3 Å². The van der Waals surface area contributed by atoms with E-state index in [1.54, 1.807) is 32.1 Å². The van der Waals surface area contributed by atoms with Gasteiger partial charge >= 0.3 is 0 Å². The highest BCUT2D eigenvalue weighted by atomic mass is 19.1. The maximum atomic E-state index is 14.4. The van der Waals surface area contributed by atoms with Gasteiger partial charge in [-0.3, -0.25) is 9.59 Å². The molecule has 7 heteroatoms. The van der Waals surface area contributed by atoms with Gasteiger partial charge < -0.3 is 10.6 Å². The van der Waals surface area contributed by atoms with Crippen LogP contribution in [-0.2, 0) is 9.59 Å². The highest BCUT2D eigenvalue weighted by Crippen LogP contribution is 2.28. The van der Waals surface area contributed by atoms with E-state index in [1.807, 2.05) is 0 Å². The van der Waals surface area contributed by atoms with Gasteiger partial charge in [0.2, 0.25) is 5.91 Å². The summed E-state index contributed by atoms with van der Waals surface area (Å²) in [6, 6.07) is 4.56. The zero-order valence-corrected chi connectivity index (χ0v) is 18.5. The highest BCUT2D eigenvalue weighted by Gasteiger charge is 2.28. The Morgan fingerprint density at radius 1 is 1.10 bits per heavy atom. The van der Waals surface area contributed by atoms with Gasteiger partial charge in [-0.15, -0.1) is 0 Å². The molecule has 0 spiro atoms. The number of ketones is 1. The van der Waals surface area contributed by atoms with Gasteiger partial charge in [0.15, 0.2) is 5.78 Å². The molecule has 0 aliphatic heterocycles. The summed E-state index contributed by atoms with van der Waals surface area (Å²) in [5.74, 6) is -0.671. The number of hydrogen-bond acceptors (Lipinski definition) is 5. The number of carbonyl (C=O) groups excluding carboxylic acids is 2. The zero-order chi connectivity index (χ0) is 22.6. The van der Waals surface area contributed by atoms with E-state index in [2.05, 4.69) is 27.5 Å². The van der Waals surface area contributed by atoms with Crippen molar-refractivity contribution in [2.75, 3.05) is 5.32 Å². The lowest BCUT2D eigenvalue weighted by atomic mass is 9.83. The van der Waals surface area contributed by atoms with E-state index in [0.717, 1.165) is 25.7 Å². The Labute approximate surface area is 182 Å². The summed E-state index contributed by atoms with van der Waals surface area (Å²) in [7, 11) is 0. The van der Waals surface area contributed by atoms with Gasteiger partial charge in [0, 0.05) is 18.0 Å². The third-order valence-electron chi connectivity index (χ3n) is 5.91. The Bertz CT molecular complexity index is 1060. The lowest BCUT2D eigenvalue weighted by molar-refractivity contribution is -0.119. The van der Waals surface area contributed by atoms with E-state index in [4.69, 9.17) is 0 Å². The van der Waals surface area contributed by atoms with Crippen molar-refractivity contribution in [1.29, 1.82) is 0 Å². The lowest BCUT2D eigenvalue weighted by Crippen LogP contribution is -2.47. The Hall–Kier alpha value is -3.09. The molecule has 1 aromatic carbocycles. The number of anilines is 1. The number of halogens is 1. The van der Waals surface area contributed by atoms with E-state index in [0.29, 0.717) is 16.7 Å². The predicted octanol–water partition coefficient (Wildman–Crippen LogP) is 4.83. The van der Waals surface area contributed by atoms with Gasteiger partial charge in [-0.2, -0.15) is 0 Å². The molecule has 1 aliphatic carbocycles. The Balaban J connectivity index is 1.88. The summed E-state index contributed by atoms with van der Waals surface area (Å²) in [6.45, 7) is 7.01. The maximum Gasteiger partial charge on any atom is 0.247 e. The monoisotopic (exact) mass is 424 g/mol. The smallest absolute Gasteiger partial charge is 0.247 e. The Kier molecular flexibility index (Phi) is 6.83. The lowest BCUT2D eigenvalue weighted by Gasteiger charge is -2.34. The van der Waals surface area contributed by atoms with Crippen molar-refractivity contribution in [3.8, 4) is 0 Å². The molecule has 6 nitrogen and oxygen atoms in total. The first-order valence-electron chi connectivity index (χ1n) is 10.6. The first-order chi connectivity index (χ1) is 14.7. The van der Waals surface area contributed by atoms with Gasteiger partial charge in [0.25, 0.3) is 0 Å². The van der Waals surface area contributed by atoms with Crippen molar-refractivity contribution in [2.45, 2.75) is 65.3 Å². The Morgan fingerprint density at radius 2 is 1.81 bits per heavy atom. The minimum absolute atomic E-state index is 0.139. The van der Waals surface area contributed by atoms with E-state index in [9.17, 15) is 14.0 Å².